The van der Waals surface area contributed by atoms with Crippen molar-refractivity contribution in [3.05, 3.63) is 36.4 Å². The van der Waals surface area contributed by atoms with Gasteiger partial charge in [-0.25, -0.2) is 29.1 Å². The molecule has 30 nitrogen and oxygen atoms in total. The van der Waals surface area contributed by atoms with Gasteiger partial charge in [-0.3, -0.25) is 43.3 Å². The zero-order valence-electron chi connectivity index (χ0n) is 35.5. The molecule has 5 amide bonds. The first-order valence-corrected chi connectivity index (χ1v) is 19.9. The van der Waals surface area contributed by atoms with Crippen LogP contribution in [0.3, 0.4) is 0 Å². The van der Waals surface area contributed by atoms with Gasteiger partial charge in [0.1, 0.15) is 69.0 Å². The Morgan fingerprint density at radius 3 is 1.27 bits per heavy atom. The van der Waals surface area contributed by atoms with E-state index in [4.69, 9.17) is 5.11 Å². The van der Waals surface area contributed by atoms with Crippen molar-refractivity contribution in [2.75, 3.05) is 32.7 Å². The van der Waals surface area contributed by atoms with Crippen LogP contribution in [0.1, 0.15) is 56.6 Å². The van der Waals surface area contributed by atoms with Crippen molar-refractivity contribution in [1.82, 2.24) is 49.8 Å². The van der Waals surface area contributed by atoms with Crippen LogP contribution in [0.5, 0.6) is 0 Å². The van der Waals surface area contributed by atoms with Crippen LogP contribution in [0.4, 0.5) is 4.79 Å². The van der Waals surface area contributed by atoms with E-state index in [1.54, 1.807) is 4.90 Å². The lowest BCUT2D eigenvalue weighted by atomic mass is 10.1. The SMILES string of the molecule is O=C(O)CC[C@H](NC(=O)N[C@@H](CCC(=O)N[C@H](CCCCN(Cc1nccn1CC(=O)N(CC(=O)O)CC(=O)O)Cc1nccn1CC(=O)N(CC(=O)O)CC(=O)O)C(=O)O)C(=O)O)C(=O)O. The highest BCUT2D eigenvalue weighted by Crippen LogP contribution is 2.14. The second-order valence-corrected chi connectivity index (χ2v) is 14.6. The van der Waals surface area contributed by atoms with Gasteiger partial charge in [0.15, 0.2) is 0 Å². The van der Waals surface area contributed by atoms with Crippen molar-refractivity contribution in [2.24, 2.45) is 0 Å². The summed E-state index contributed by atoms with van der Waals surface area (Å²) in [5, 5.41) is 80.4. The van der Waals surface area contributed by atoms with Gasteiger partial charge in [0, 0.05) is 37.6 Å². The topological polar surface area (TPSA) is 448 Å². The third-order valence-electron chi connectivity index (χ3n) is 9.32. The number of amides is 5. The molecule has 2 aromatic rings. The highest BCUT2D eigenvalue weighted by molar-refractivity contribution is 5.88. The first-order valence-electron chi connectivity index (χ1n) is 19.9. The van der Waals surface area contributed by atoms with Gasteiger partial charge in [-0.05, 0) is 38.6 Å². The number of hydrogen-bond donors (Lipinski definition) is 11. The largest absolute Gasteiger partial charge is 0.481 e. The number of carbonyl (C=O) groups is 12. The van der Waals surface area contributed by atoms with Gasteiger partial charge in [-0.15, -0.1) is 0 Å². The molecule has 0 aliphatic carbocycles. The third-order valence-corrected chi connectivity index (χ3v) is 9.32. The van der Waals surface area contributed by atoms with E-state index in [0.29, 0.717) is 9.80 Å². The third kappa shape index (κ3) is 20.9. The Morgan fingerprint density at radius 2 is 0.896 bits per heavy atom. The molecular weight excluding hydrogens is 904 g/mol. The van der Waals surface area contributed by atoms with Gasteiger partial charge in [0.25, 0.3) is 0 Å². The Balaban J connectivity index is 2.22. The number of aromatic nitrogens is 4. The lowest BCUT2D eigenvalue weighted by Gasteiger charge is -2.24. The van der Waals surface area contributed by atoms with Crippen LogP contribution >= 0.6 is 0 Å². The second kappa shape index (κ2) is 27.2. The lowest BCUT2D eigenvalue weighted by molar-refractivity contribution is -0.150. The molecule has 67 heavy (non-hydrogen) atoms. The fraction of sp³-hybridized carbons (Fsp3) is 0.514. The number of carboxylic acid groups (broad SMARTS) is 8. The molecular formula is C37H50N10O20. The standard InChI is InChI=1S/C37H50N10O20/c48-26(6-4-22(35(63)64)41-37(67)42-23(36(65)66)5-7-29(51)52)40-21(34(61)62)3-1-2-10-43(13-24-38-8-11-44(24)15-27(49)46(17-30(53)54)18-31(55)56)14-25-39-9-12-45(25)16-28(50)47(19-32(57)58)20-33(59)60/h8-9,11-12,21-23H,1-7,10,13-20H2,(H,40,48)(H,51,52)(H,53,54)(H,55,56)(H,57,58)(H,59,60)(H,61,62)(H,63,64)(H,65,66)(H2,41,42,67)/t21-,22+,23+/m1/s1. The maximum Gasteiger partial charge on any atom is 0.326 e. The predicted octanol–water partition coefficient (Wildman–Crippen LogP) is -3.33. The van der Waals surface area contributed by atoms with Gasteiger partial charge < -0.3 is 75.7 Å². The van der Waals surface area contributed by atoms with E-state index in [-0.39, 0.29) is 50.5 Å². The normalized spacial score (nSPS) is 12.2. The van der Waals surface area contributed by atoms with Crippen molar-refractivity contribution in [1.29, 1.82) is 0 Å². The molecule has 0 radical (unpaired) electrons. The number of imidazole rings is 2. The molecule has 0 spiro atoms. The summed E-state index contributed by atoms with van der Waals surface area (Å²) < 4.78 is 2.64. The molecule has 30 heteroatoms. The smallest absolute Gasteiger partial charge is 0.326 e. The fourth-order valence-electron chi connectivity index (χ4n) is 6.12. The number of nitrogens with zero attached hydrogens (tertiary/aromatic N) is 7. The average molecular weight is 955 g/mol. The summed E-state index contributed by atoms with van der Waals surface area (Å²) in [6, 6.07) is -6.22. The molecule has 2 rings (SSSR count). The van der Waals surface area contributed by atoms with Crippen LogP contribution < -0.4 is 16.0 Å². The van der Waals surface area contributed by atoms with Gasteiger partial charge in [0.2, 0.25) is 17.7 Å². The zero-order valence-corrected chi connectivity index (χ0v) is 35.5. The molecule has 2 heterocycles. The van der Waals surface area contributed by atoms with Crippen molar-refractivity contribution in [2.45, 2.75) is 89.3 Å². The summed E-state index contributed by atoms with van der Waals surface area (Å²) in [5.74, 6) is -14.2. The van der Waals surface area contributed by atoms with Gasteiger partial charge >= 0.3 is 53.8 Å². The minimum atomic E-state index is -1.75. The van der Waals surface area contributed by atoms with Crippen LogP contribution in [0.25, 0.3) is 0 Å². The van der Waals surface area contributed by atoms with E-state index in [1.807, 2.05) is 10.6 Å². The van der Waals surface area contributed by atoms with Crippen LogP contribution in [-0.4, -0.2) is 197 Å². The Hall–Kier alpha value is -8.18. The van der Waals surface area contributed by atoms with E-state index in [1.165, 1.54) is 33.9 Å². The zero-order chi connectivity index (χ0) is 50.4. The number of hydrogen-bond acceptors (Lipinski definition) is 15. The highest BCUT2D eigenvalue weighted by atomic mass is 16.4. The molecule has 0 bridgehead atoms. The van der Waals surface area contributed by atoms with Crippen LogP contribution in [-0.2, 0) is 78.9 Å². The molecule has 0 saturated heterocycles. The Labute approximate surface area is 377 Å². The van der Waals surface area contributed by atoms with Crippen molar-refractivity contribution >= 4 is 71.5 Å². The fourth-order valence-corrected chi connectivity index (χ4v) is 6.12. The monoisotopic (exact) mass is 954 g/mol. The molecule has 0 aliphatic rings. The minimum Gasteiger partial charge on any atom is -0.481 e. The van der Waals surface area contributed by atoms with E-state index >= 15 is 0 Å². The molecule has 0 saturated carbocycles. The van der Waals surface area contributed by atoms with Crippen LogP contribution in [0.2, 0.25) is 0 Å². The van der Waals surface area contributed by atoms with E-state index in [0.717, 1.165) is 0 Å². The van der Waals surface area contributed by atoms with Crippen molar-refractivity contribution < 1.29 is 98.4 Å². The van der Waals surface area contributed by atoms with Crippen LogP contribution in [0.15, 0.2) is 24.8 Å². The first kappa shape index (κ1) is 55.0. The van der Waals surface area contributed by atoms with Gasteiger partial charge in [-0.1, -0.05) is 0 Å². The average Bonchev–Trinajstić information content (AvgIpc) is 3.85. The number of rotatable bonds is 33. The molecule has 0 aromatic carbocycles. The number of aliphatic carboxylic acids is 8. The van der Waals surface area contributed by atoms with Crippen LogP contribution in [0, 0.1) is 0 Å². The van der Waals surface area contributed by atoms with Gasteiger partial charge in [0.05, 0.1) is 13.1 Å². The quantitative estimate of drug-likeness (QED) is 0.0312. The van der Waals surface area contributed by atoms with Crippen molar-refractivity contribution in [3.63, 3.8) is 0 Å². The number of nitrogens with one attached hydrogen (secondary N) is 3. The summed E-state index contributed by atoms with van der Waals surface area (Å²) in [7, 11) is 0. The van der Waals surface area contributed by atoms with E-state index in [2.05, 4.69) is 15.3 Å². The molecule has 3 atom stereocenters. The molecule has 11 N–H and O–H groups in total. The molecule has 2 aromatic heterocycles. The lowest BCUT2D eigenvalue weighted by Crippen LogP contribution is -2.51. The van der Waals surface area contributed by atoms with Gasteiger partial charge in [-0.2, -0.15) is 0 Å². The maximum atomic E-state index is 13.0. The summed E-state index contributed by atoms with van der Waals surface area (Å²) >= 11 is 0. The molecule has 0 unspecified atom stereocenters. The van der Waals surface area contributed by atoms with Crippen molar-refractivity contribution in [3.8, 4) is 0 Å². The summed E-state index contributed by atoms with van der Waals surface area (Å²) in [6.07, 6.45) is 3.15. The molecule has 0 aliphatic heterocycles. The van der Waals surface area contributed by atoms with E-state index in [9.17, 15) is 93.3 Å². The number of carbonyl (C=O) groups excluding carboxylic acids is 4. The second-order valence-electron chi connectivity index (χ2n) is 14.6. The highest BCUT2D eigenvalue weighted by Gasteiger charge is 2.28. The summed E-state index contributed by atoms with van der Waals surface area (Å²) in [4.78, 5) is 154. The number of urea groups is 1. The Kier molecular flexibility index (Phi) is 22.3. The summed E-state index contributed by atoms with van der Waals surface area (Å²) in [5.41, 5.74) is 0. The Bertz CT molecular complexity index is 2020. The first-order chi connectivity index (χ1) is 31.4. The Morgan fingerprint density at radius 1 is 0.507 bits per heavy atom. The molecule has 368 valence electrons. The maximum absolute atomic E-state index is 13.0. The summed E-state index contributed by atoms with van der Waals surface area (Å²) in [6.45, 7) is -4.82. The minimum absolute atomic E-state index is 0.0989. The number of unbranched alkanes of at least 4 members (excludes halogenated alkanes) is 1. The predicted molar refractivity (Wildman–Crippen MR) is 216 cm³/mol. The number of carboxylic acids is 8. The van der Waals surface area contributed by atoms with E-state index < -0.39 is 155 Å². The molecule has 0 fully saturated rings.